The highest BCUT2D eigenvalue weighted by molar-refractivity contribution is 4.89. The monoisotopic (exact) mass is 282 g/mol. The van der Waals surface area contributed by atoms with Gasteiger partial charge in [0.2, 0.25) is 0 Å². The number of aliphatic hydroxyl groups is 1. The molecule has 118 valence electrons. The molecule has 0 aromatic carbocycles. The second-order valence-electron chi connectivity index (χ2n) is 7.14. The molecule has 2 rings (SSSR count). The number of piperidine rings is 1. The van der Waals surface area contributed by atoms with Crippen molar-refractivity contribution in [1.82, 2.24) is 10.2 Å². The Balaban J connectivity index is 1.83. The van der Waals surface area contributed by atoms with Gasteiger partial charge in [0.15, 0.2) is 0 Å². The van der Waals surface area contributed by atoms with Crippen molar-refractivity contribution < 1.29 is 5.11 Å². The molecule has 2 fully saturated rings. The van der Waals surface area contributed by atoms with Crippen LogP contribution < -0.4 is 5.32 Å². The molecule has 0 atom stereocenters. The zero-order valence-electron chi connectivity index (χ0n) is 13.4. The zero-order valence-corrected chi connectivity index (χ0v) is 13.4. The average Bonchev–Trinajstić information content (AvgIpc) is 2.49. The molecule has 1 saturated heterocycles. The minimum Gasteiger partial charge on any atom is -0.396 e. The van der Waals surface area contributed by atoms with Crippen LogP contribution in [0.5, 0.6) is 0 Å². The third kappa shape index (κ3) is 4.71. The van der Waals surface area contributed by atoms with Crippen molar-refractivity contribution >= 4 is 0 Å². The molecular formula is C17H34N2O. The van der Waals surface area contributed by atoms with Gasteiger partial charge in [0.05, 0.1) is 0 Å². The zero-order chi connectivity index (χ0) is 14.3. The van der Waals surface area contributed by atoms with Gasteiger partial charge in [-0.05, 0) is 63.1 Å². The van der Waals surface area contributed by atoms with Crippen LogP contribution in [-0.4, -0.2) is 49.3 Å². The third-order valence-electron chi connectivity index (χ3n) is 5.37. The summed E-state index contributed by atoms with van der Waals surface area (Å²) in [5.41, 5.74) is 0.527. The van der Waals surface area contributed by atoms with Gasteiger partial charge in [0, 0.05) is 19.7 Å². The van der Waals surface area contributed by atoms with Crippen molar-refractivity contribution in [2.45, 2.75) is 58.3 Å². The van der Waals surface area contributed by atoms with E-state index in [1.54, 1.807) is 0 Å². The molecule has 1 heterocycles. The Kier molecular flexibility index (Phi) is 6.79. The fraction of sp³-hybridized carbons (Fsp3) is 1.00. The molecule has 0 aromatic heterocycles. The average molecular weight is 282 g/mol. The van der Waals surface area contributed by atoms with E-state index in [0.717, 1.165) is 6.54 Å². The third-order valence-corrected chi connectivity index (χ3v) is 5.37. The summed E-state index contributed by atoms with van der Waals surface area (Å²) in [6, 6.07) is 0. The molecule has 3 nitrogen and oxygen atoms in total. The fourth-order valence-electron chi connectivity index (χ4n) is 4.02. The highest BCUT2D eigenvalue weighted by Gasteiger charge is 2.34. The lowest BCUT2D eigenvalue weighted by atomic mass is 9.73. The Labute approximate surface area is 125 Å². The van der Waals surface area contributed by atoms with E-state index in [9.17, 15) is 5.11 Å². The quantitative estimate of drug-likeness (QED) is 0.705. The second-order valence-corrected chi connectivity index (χ2v) is 7.14. The standard InChI is InChI=1S/C17H34N2O/c1-2-10-18-14-17(8-4-3-5-9-17)15-19-11-6-16(13-20)7-12-19/h16,18,20H,2-15H2,1H3. The molecule has 0 bridgehead atoms. The molecule has 2 N–H and O–H groups in total. The van der Waals surface area contributed by atoms with E-state index in [1.807, 2.05) is 0 Å². The minimum atomic E-state index is 0.386. The summed E-state index contributed by atoms with van der Waals surface area (Å²) in [6.07, 6.45) is 10.7. The lowest BCUT2D eigenvalue weighted by molar-refractivity contribution is 0.0660. The molecule has 0 amide bonds. The Hall–Kier alpha value is -0.120. The van der Waals surface area contributed by atoms with E-state index in [0.29, 0.717) is 17.9 Å². The summed E-state index contributed by atoms with van der Waals surface area (Å²) in [5, 5.41) is 13.0. The molecular weight excluding hydrogens is 248 g/mol. The van der Waals surface area contributed by atoms with Crippen LogP contribution in [0, 0.1) is 11.3 Å². The normalized spacial score (nSPS) is 24.9. The number of rotatable bonds is 7. The van der Waals surface area contributed by atoms with Crippen molar-refractivity contribution in [3.05, 3.63) is 0 Å². The van der Waals surface area contributed by atoms with E-state index in [-0.39, 0.29) is 0 Å². The topological polar surface area (TPSA) is 35.5 Å². The fourth-order valence-corrected chi connectivity index (χ4v) is 4.02. The van der Waals surface area contributed by atoms with Gasteiger partial charge < -0.3 is 15.3 Å². The Morgan fingerprint density at radius 1 is 1.15 bits per heavy atom. The van der Waals surface area contributed by atoms with Crippen LogP contribution >= 0.6 is 0 Å². The predicted molar refractivity (Wildman–Crippen MR) is 84.9 cm³/mol. The number of hydrogen-bond acceptors (Lipinski definition) is 3. The summed E-state index contributed by atoms with van der Waals surface area (Å²) in [6.45, 7) is 8.68. The Morgan fingerprint density at radius 2 is 1.85 bits per heavy atom. The van der Waals surface area contributed by atoms with Crippen LogP contribution in [0.2, 0.25) is 0 Å². The van der Waals surface area contributed by atoms with Crippen LogP contribution in [0.1, 0.15) is 58.3 Å². The smallest absolute Gasteiger partial charge is 0.0460 e. The minimum absolute atomic E-state index is 0.386. The highest BCUT2D eigenvalue weighted by Crippen LogP contribution is 2.37. The van der Waals surface area contributed by atoms with Gasteiger partial charge >= 0.3 is 0 Å². The number of hydrogen-bond donors (Lipinski definition) is 2. The van der Waals surface area contributed by atoms with Crippen LogP contribution in [0.15, 0.2) is 0 Å². The number of nitrogens with zero attached hydrogens (tertiary/aromatic N) is 1. The summed E-state index contributed by atoms with van der Waals surface area (Å²) in [7, 11) is 0. The van der Waals surface area contributed by atoms with Crippen LogP contribution in [0.4, 0.5) is 0 Å². The van der Waals surface area contributed by atoms with Crippen LogP contribution in [0.25, 0.3) is 0 Å². The van der Waals surface area contributed by atoms with Crippen molar-refractivity contribution in [3.63, 3.8) is 0 Å². The first-order valence-corrected chi connectivity index (χ1v) is 8.82. The molecule has 3 heteroatoms. The first-order valence-electron chi connectivity index (χ1n) is 8.82. The van der Waals surface area contributed by atoms with Crippen molar-refractivity contribution in [2.24, 2.45) is 11.3 Å². The van der Waals surface area contributed by atoms with E-state index in [4.69, 9.17) is 0 Å². The maximum absolute atomic E-state index is 9.26. The van der Waals surface area contributed by atoms with Gasteiger partial charge in [-0.3, -0.25) is 0 Å². The van der Waals surface area contributed by atoms with E-state index in [2.05, 4.69) is 17.1 Å². The Bertz CT molecular complexity index is 256. The van der Waals surface area contributed by atoms with E-state index in [1.165, 1.54) is 77.5 Å². The maximum atomic E-state index is 9.26. The van der Waals surface area contributed by atoms with Crippen molar-refractivity contribution in [3.8, 4) is 0 Å². The molecule has 1 aliphatic heterocycles. The van der Waals surface area contributed by atoms with E-state index >= 15 is 0 Å². The van der Waals surface area contributed by atoms with Crippen LogP contribution in [-0.2, 0) is 0 Å². The number of aliphatic hydroxyl groups excluding tert-OH is 1. The molecule has 2 aliphatic rings. The first-order chi connectivity index (χ1) is 9.78. The molecule has 20 heavy (non-hydrogen) atoms. The van der Waals surface area contributed by atoms with Crippen molar-refractivity contribution in [1.29, 1.82) is 0 Å². The Morgan fingerprint density at radius 3 is 2.45 bits per heavy atom. The lowest BCUT2D eigenvalue weighted by Gasteiger charge is -2.43. The largest absolute Gasteiger partial charge is 0.396 e. The number of nitrogens with one attached hydrogen (secondary N) is 1. The maximum Gasteiger partial charge on any atom is 0.0460 e. The lowest BCUT2D eigenvalue weighted by Crippen LogP contribution is -2.48. The number of likely N-dealkylation sites (tertiary alicyclic amines) is 1. The molecule has 0 spiro atoms. The van der Waals surface area contributed by atoms with Gasteiger partial charge in [0.25, 0.3) is 0 Å². The SMILES string of the molecule is CCCNCC1(CN2CCC(CO)CC2)CCCCC1. The molecule has 0 aromatic rings. The van der Waals surface area contributed by atoms with E-state index < -0.39 is 0 Å². The molecule has 0 unspecified atom stereocenters. The summed E-state index contributed by atoms with van der Waals surface area (Å²) in [5.74, 6) is 0.562. The molecule has 0 radical (unpaired) electrons. The summed E-state index contributed by atoms with van der Waals surface area (Å²) >= 11 is 0. The van der Waals surface area contributed by atoms with Gasteiger partial charge in [-0.2, -0.15) is 0 Å². The summed E-state index contributed by atoms with van der Waals surface area (Å²) in [4.78, 5) is 2.67. The predicted octanol–water partition coefficient (Wildman–Crippen LogP) is 2.64. The molecule has 1 saturated carbocycles. The second kappa shape index (κ2) is 8.35. The van der Waals surface area contributed by atoms with Gasteiger partial charge in [-0.15, -0.1) is 0 Å². The highest BCUT2D eigenvalue weighted by atomic mass is 16.3. The van der Waals surface area contributed by atoms with Gasteiger partial charge in [-0.25, -0.2) is 0 Å². The van der Waals surface area contributed by atoms with Gasteiger partial charge in [0.1, 0.15) is 0 Å². The van der Waals surface area contributed by atoms with Crippen molar-refractivity contribution in [2.75, 3.05) is 39.3 Å². The summed E-state index contributed by atoms with van der Waals surface area (Å²) < 4.78 is 0. The van der Waals surface area contributed by atoms with Crippen LogP contribution in [0.3, 0.4) is 0 Å². The first kappa shape index (κ1) is 16.3. The van der Waals surface area contributed by atoms with Gasteiger partial charge in [-0.1, -0.05) is 26.2 Å². The molecule has 1 aliphatic carbocycles.